The van der Waals surface area contributed by atoms with Crippen LogP contribution in [0.3, 0.4) is 0 Å². The maximum absolute atomic E-state index is 11.9. The van der Waals surface area contributed by atoms with Crippen molar-refractivity contribution in [3.63, 3.8) is 0 Å². The topological polar surface area (TPSA) is 78.3 Å². The van der Waals surface area contributed by atoms with Crippen LogP contribution in [0.2, 0.25) is 0 Å². The van der Waals surface area contributed by atoms with Crippen LogP contribution >= 0.6 is 0 Å². The molecule has 6 heteroatoms. The van der Waals surface area contributed by atoms with Crippen LogP contribution in [-0.2, 0) is 21.4 Å². The number of esters is 1. The molecule has 2 aromatic rings. The number of nitrogens with zero attached hydrogens (tertiary/aromatic N) is 2. The summed E-state index contributed by atoms with van der Waals surface area (Å²) < 4.78 is 6.04. The van der Waals surface area contributed by atoms with Gasteiger partial charge in [-0.1, -0.05) is 0 Å². The van der Waals surface area contributed by atoms with Gasteiger partial charge in [-0.15, -0.1) is 0 Å². The van der Waals surface area contributed by atoms with E-state index in [1.807, 2.05) is 7.05 Å². The Bertz CT molecular complexity index is 672. The molecule has 1 aromatic carbocycles. The van der Waals surface area contributed by atoms with Crippen molar-refractivity contribution in [3.05, 3.63) is 30.1 Å². The van der Waals surface area contributed by atoms with Crippen molar-refractivity contribution in [2.75, 3.05) is 7.11 Å². The number of hydrogen-bond donors (Lipinski definition) is 0. The van der Waals surface area contributed by atoms with Crippen molar-refractivity contribution in [1.29, 1.82) is 0 Å². The van der Waals surface area contributed by atoms with Crippen LogP contribution in [-0.4, -0.2) is 34.2 Å². The molecule has 0 amide bonds. The third-order valence-corrected chi connectivity index (χ3v) is 2.78. The molecule has 2 rings (SSSR count). The first kappa shape index (κ1) is 12.9. The molecule has 0 saturated carbocycles. The fourth-order valence-electron chi connectivity index (χ4n) is 1.73. The minimum Gasteiger partial charge on any atom is -0.463 e. The molecule has 98 valence electrons. The van der Waals surface area contributed by atoms with Gasteiger partial charge in [0.2, 0.25) is 5.78 Å². The number of methoxy groups -OCH3 is 1. The van der Waals surface area contributed by atoms with Crippen LogP contribution in [0.25, 0.3) is 11.0 Å². The number of Topliss-reactive ketones (excluding diaryl/α,β-unsaturated/α-hetero) is 2. The van der Waals surface area contributed by atoms with Gasteiger partial charge in [0.25, 0.3) is 0 Å². The number of carbonyl (C=O) groups is 3. The summed E-state index contributed by atoms with van der Waals surface area (Å²) in [6, 6.07) is 4.93. The highest BCUT2D eigenvalue weighted by Crippen LogP contribution is 2.15. The molecule has 19 heavy (non-hydrogen) atoms. The molecule has 6 nitrogen and oxygen atoms in total. The summed E-state index contributed by atoms with van der Waals surface area (Å²) >= 11 is 0. The molecule has 0 atom stereocenters. The summed E-state index contributed by atoms with van der Waals surface area (Å²) in [5.41, 5.74) is 1.92. The van der Waals surface area contributed by atoms with Crippen LogP contribution < -0.4 is 0 Å². The second kappa shape index (κ2) is 5.01. The molecule has 1 aromatic heterocycles. The molecular weight excluding hydrogens is 248 g/mol. The number of rotatable bonds is 4. The summed E-state index contributed by atoms with van der Waals surface area (Å²) in [5, 5.41) is 0. The Labute approximate surface area is 109 Å². The van der Waals surface area contributed by atoms with E-state index in [2.05, 4.69) is 9.72 Å². The highest BCUT2D eigenvalue weighted by Gasteiger charge is 2.19. The van der Waals surface area contributed by atoms with Crippen LogP contribution in [0.15, 0.2) is 24.5 Å². The fraction of sp³-hybridized carbons (Fsp3) is 0.231. The highest BCUT2D eigenvalue weighted by molar-refractivity contribution is 6.38. The number of carbonyl (C=O) groups excluding carboxylic acids is 3. The highest BCUT2D eigenvalue weighted by atomic mass is 16.5. The smallest absolute Gasteiger partial charge is 0.374 e. The average Bonchev–Trinajstić information content (AvgIpc) is 2.78. The number of fused-ring (bicyclic) bond motifs is 1. The molecule has 0 radical (unpaired) electrons. The van der Waals surface area contributed by atoms with Gasteiger partial charge >= 0.3 is 5.97 Å². The third-order valence-electron chi connectivity index (χ3n) is 2.78. The average molecular weight is 260 g/mol. The zero-order valence-corrected chi connectivity index (χ0v) is 10.5. The van der Waals surface area contributed by atoms with Crippen molar-refractivity contribution in [2.24, 2.45) is 7.05 Å². The molecule has 0 saturated heterocycles. The van der Waals surface area contributed by atoms with Gasteiger partial charge in [-0.25, -0.2) is 9.78 Å². The first-order valence-electron chi connectivity index (χ1n) is 5.58. The van der Waals surface area contributed by atoms with Crippen molar-refractivity contribution in [1.82, 2.24) is 9.55 Å². The Morgan fingerprint density at radius 1 is 1.32 bits per heavy atom. The summed E-state index contributed by atoms with van der Waals surface area (Å²) in [5.74, 6) is -2.27. The maximum atomic E-state index is 11.9. The Kier molecular flexibility index (Phi) is 3.41. The van der Waals surface area contributed by atoms with E-state index < -0.39 is 24.0 Å². The first-order chi connectivity index (χ1) is 9.02. The maximum Gasteiger partial charge on any atom is 0.374 e. The predicted molar refractivity (Wildman–Crippen MR) is 66.7 cm³/mol. The summed E-state index contributed by atoms with van der Waals surface area (Å²) in [7, 11) is 2.91. The Balaban J connectivity index is 2.24. The lowest BCUT2D eigenvalue weighted by Crippen LogP contribution is -2.19. The zero-order chi connectivity index (χ0) is 14.0. The minimum atomic E-state index is -1.00. The van der Waals surface area contributed by atoms with Gasteiger partial charge in [-0.3, -0.25) is 9.59 Å². The molecule has 0 aliphatic heterocycles. The van der Waals surface area contributed by atoms with Crippen LogP contribution in [0.4, 0.5) is 0 Å². The molecule has 0 unspecified atom stereocenters. The number of hydrogen-bond acceptors (Lipinski definition) is 5. The number of ether oxygens (including phenoxy) is 1. The molecule has 0 aliphatic rings. The Hall–Kier alpha value is -2.50. The lowest BCUT2D eigenvalue weighted by Gasteiger charge is -2.01. The van der Waals surface area contributed by atoms with E-state index >= 15 is 0 Å². The van der Waals surface area contributed by atoms with E-state index in [-0.39, 0.29) is 0 Å². The first-order valence-corrected chi connectivity index (χ1v) is 5.58. The molecule has 0 N–H and O–H groups in total. The Morgan fingerprint density at radius 3 is 2.74 bits per heavy atom. The Morgan fingerprint density at radius 2 is 2.05 bits per heavy atom. The normalized spacial score (nSPS) is 10.4. The molecule has 0 aliphatic carbocycles. The van der Waals surface area contributed by atoms with Gasteiger partial charge < -0.3 is 9.30 Å². The van der Waals surface area contributed by atoms with Gasteiger partial charge in [-0.05, 0) is 18.2 Å². The lowest BCUT2D eigenvalue weighted by atomic mass is 10.1. The number of aromatic nitrogens is 2. The molecule has 0 spiro atoms. The minimum absolute atomic E-state index is 0.369. The standard InChI is InChI=1S/C13H12N2O4/c1-15-7-14-9-4-3-8(5-10(9)15)11(16)6-12(17)13(18)19-2/h3-5,7H,6H2,1-2H3. The number of ketones is 2. The van der Waals surface area contributed by atoms with E-state index in [9.17, 15) is 14.4 Å². The summed E-state index contributed by atoms with van der Waals surface area (Å²) in [4.78, 5) is 38.3. The van der Waals surface area contributed by atoms with Gasteiger partial charge in [0.05, 0.1) is 30.9 Å². The summed E-state index contributed by atoms with van der Waals surface area (Å²) in [6.45, 7) is 0. The van der Waals surface area contributed by atoms with E-state index in [0.29, 0.717) is 5.56 Å². The zero-order valence-electron chi connectivity index (χ0n) is 10.5. The monoisotopic (exact) mass is 260 g/mol. The van der Waals surface area contributed by atoms with Crippen molar-refractivity contribution >= 4 is 28.6 Å². The predicted octanol–water partition coefficient (Wildman–Crippen LogP) is 0.888. The van der Waals surface area contributed by atoms with E-state index in [0.717, 1.165) is 18.1 Å². The van der Waals surface area contributed by atoms with E-state index in [1.165, 1.54) is 0 Å². The second-order valence-electron chi connectivity index (χ2n) is 4.07. The third kappa shape index (κ3) is 2.52. The van der Waals surface area contributed by atoms with Crippen LogP contribution in [0.5, 0.6) is 0 Å². The van der Waals surface area contributed by atoms with Gasteiger partial charge in [0.1, 0.15) is 0 Å². The quantitative estimate of drug-likeness (QED) is 0.353. The SMILES string of the molecule is COC(=O)C(=O)CC(=O)c1ccc2ncn(C)c2c1. The molecule has 0 fully saturated rings. The van der Waals surface area contributed by atoms with Crippen molar-refractivity contribution < 1.29 is 19.1 Å². The van der Waals surface area contributed by atoms with Gasteiger partial charge in [0.15, 0.2) is 5.78 Å². The largest absolute Gasteiger partial charge is 0.463 e. The molecule has 1 heterocycles. The van der Waals surface area contributed by atoms with Crippen molar-refractivity contribution in [3.8, 4) is 0 Å². The molecular formula is C13H12N2O4. The van der Waals surface area contributed by atoms with Gasteiger partial charge in [-0.2, -0.15) is 0 Å². The van der Waals surface area contributed by atoms with E-state index in [4.69, 9.17) is 0 Å². The van der Waals surface area contributed by atoms with Crippen molar-refractivity contribution in [2.45, 2.75) is 6.42 Å². The summed E-state index contributed by atoms with van der Waals surface area (Å²) in [6.07, 6.45) is 1.15. The number of aryl methyl sites for hydroxylation is 1. The van der Waals surface area contributed by atoms with Gasteiger partial charge in [0, 0.05) is 12.6 Å². The molecule has 0 bridgehead atoms. The lowest BCUT2D eigenvalue weighted by molar-refractivity contribution is -0.151. The fourth-order valence-corrected chi connectivity index (χ4v) is 1.73. The van der Waals surface area contributed by atoms with Crippen LogP contribution in [0, 0.1) is 0 Å². The van der Waals surface area contributed by atoms with E-state index in [1.54, 1.807) is 29.1 Å². The number of benzene rings is 1. The second-order valence-corrected chi connectivity index (χ2v) is 4.07. The number of imidazole rings is 1. The van der Waals surface area contributed by atoms with Crippen LogP contribution in [0.1, 0.15) is 16.8 Å².